The topological polar surface area (TPSA) is 79.0 Å². The lowest BCUT2D eigenvalue weighted by Crippen LogP contribution is -2.36. The van der Waals surface area contributed by atoms with Crippen molar-refractivity contribution in [1.29, 1.82) is 0 Å². The van der Waals surface area contributed by atoms with Gasteiger partial charge in [0.05, 0.1) is 7.11 Å². The summed E-state index contributed by atoms with van der Waals surface area (Å²) in [6.07, 6.45) is 4.08. The molecule has 2 aliphatic heterocycles. The third-order valence-electron chi connectivity index (χ3n) is 5.02. The molecule has 138 valence electrons. The molecule has 3 rings (SSSR count). The van der Waals surface area contributed by atoms with E-state index in [2.05, 4.69) is 27.9 Å². The van der Waals surface area contributed by atoms with Crippen LogP contribution in [-0.2, 0) is 14.3 Å². The molecular weight excluding hydrogens is 334 g/mol. The number of amides is 3. The molecule has 0 radical (unpaired) electrons. The summed E-state index contributed by atoms with van der Waals surface area (Å²) in [6, 6.07) is 3.41. The lowest BCUT2D eigenvalue weighted by molar-refractivity contribution is -0.143. The number of rotatable bonds is 4. The minimum absolute atomic E-state index is 0.162. The maximum atomic E-state index is 12.4. The highest BCUT2D eigenvalue weighted by Gasteiger charge is 2.35. The van der Waals surface area contributed by atoms with E-state index in [4.69, 9.17) is 0 Å². The highest BCUT2D eigenvalue weighted by Crippen LogP contribution is 2.29. The highest BCUT2D eigenvalue weighted by molar-refractivity contribution is 6.15. The van der Waals surface area contributed by atoms with Crippen LogP contribution in [-0.4, -0.2) is 49.6 Å². The van der Waals surface area contributed by atoms with Gasteiger partial charge in [-0.05, 0) is 55.5 Å². The molecular formula is C19H23N3O4. The Morgan fingerprint density at radius 3 is 2.54 bits per heavy atom. The van der Waals surface area contributed by atoms with Gasteiger partial charge in [-0.25, -0.2) is 9.69 Å². The number of carbonyl (C=O) groups is 3. The number of benzene rings is 1. The van der Waals surface area contributed by atoms with Gasteiger partial charge in [-0.1, -0.05) is 6.07 Å². The normalized spacial score (nSPS) is 18.7. The molecule has 2 saturated heterocycles. The molecule has 3 amide bonds. The van der Waals surface area contributed by atoms with Crippen molar-refractivity contribution in [3.63, 3.8) is 0 Å². The van der Waals surface area contributed by atoms with E-state index in [1.165, 1.54) is 31.2 Å². The molecule has 0 saturated carbocycles. The minimum atomic E-state index is -0.642. The Morgan fingerprint density at radius 2 is 1.88 bits per heavy atom. The van der Waals surface area contributed by atoms with Gasteiger partial charge < -0.3 is 15.0 Å². The number of hydrogen-bond acceptors (Lipinski definition) is 5. The number of methoxy groups -OCH3 is 1. The molecule has 7 nitrogen and oxygen atoms in total. The standard InChI is InChI=1S/C19H23N3O4/c1-12-13(2)16(21-8-4-5-9-21)7-6-14(12)10-15-18(24)22(19(25)20-15)11-17(23)26-3/h6-7,10H,4-5,8-9,11H2,1-3H3,(H,20,25)/b15-10+. The Balaban J connectivity index is 1.86. The third kappa shape index (κ3) is 3.29. The smallest absolute Gasteiger partial charge is 0.329 e. The number of nitrogens with one attached hydrogen (secondary N) is 1. The first-order chi connectivity index (χ1) is 12.4. The fourth-order valence-corrected chi connectivity index (χ4v) is 3.35. The maximum absolute atomic E-state index is 12.4. The Morgan fingerprint density at radius 1 is 1.19 bits per heavy atom. The Hall–Kier alpha value is -2.83. The van der Waals surface area contributed by atoms with Crippen LogP contribution in [0.15, 0.2) is 17.8 Å². The summed E-state index contributed by atoms with van der Waals surface area (Å²) in [5, 5.41) is 2.53. The lowest BCUT2D eigenvalue weighted by Gasteiger charge is -2.22. The van der Waals surface area contributed by atoms with Gasteiger partial charge in [0.15, 0.2) is 0 Å². The van der Waals surface area contributed by atoms with E-state index < -0.39 is 24.5 Å². The van der Waals surface area contributed by atoms with Gasteiger partial charge >= 0.3 is 12.0 Å². The zero-order valence-electron chi connectivity index (χ0n) is 15.3. The van der Waals surface area contributed by atoms with Crippen LogP contribution in [0, 0.1) is 13.8 Å². The van der Waals surface area contributed by atoms with E-state index in [0.29, 0.717) is 0 Å². The van der Waals surface area contributed by atoms with Gasteiger partial charge in [0.25, 0.3) is 5.91 Å². The Bertz CT molecular complexity index is 794. The Labute approximate surface area is 152 Å². The molecule has 0 aromatic heterocycles. The van der Waals surface area contributed by atoms with Crippen molar-refractivity contribution in [3.05, 3.63) is 34.5 Å². The van der Waals surface area contributed by atoms with E-state index in [0.717, 1.165) is 29.1 Å². The monoisotopic (exact) mass is 357 g/mol. The van der Waals surface area contributed by atoms with E-state index in [1.807, 2.05) is 13.0 Å². The van der Waals surface area contributed by atoms with Crippen molar-refractivity contribution < 1.29 is 19.1 Å². The molecule has 2 aliphatic rings. The van der Waals surface area contributed by atoms with Crippen molar-refractivity contribution >= 4 is 29.7 Å². The van der Waals surface area contributed by atoms with Crippen molar-refractivity contribution in [2.24, 2.45) is 0 Å². The quantitative estimate of drug-likeness (QED) is 0.506. The first-order valence-electron chi connectivity index (χ1n) is 8.69. The van der Waals surface area contributed by atoms with Gasteiger partial charge in [0, 0.05) is 18.8 Å². The summed E-state index contributed by atoms with van der Waals surface area (Å²) in [5.74, 6) is -1.17. The fraction of sp³-hybridized carbons (Fsp3) is 0.421. The van der Waals surface area contributed by atoms with Crippen molar-refractivity contribution in [3.8, 4) is 0 Å². The summed E-state index contributed by atoms with van der Waals surface area (Å²) in [7, 11) is 1.21. The summed E-state index contributed by atoms with van der Waals surface area (Å²) in [6.45, 7) is 5.82. The molecule has 1 aromatic carbocycles. The molecule has 2 heterocycles. The number of anilines is 1. The van der Waals surface area contributed by atoms with Gasteiger partial charge in [0.1, 0.15) is 12.2 Å². The molecule has 26 heavy (non-hydrogen) atoms. The molecule has 1 N–H and O–H groups in total. The number of hydrogen-bond donors (Lipinski definition) is 1. The number of urea groups is 1. The highest BCUT2D eigenvalue weighted by atomic mass is 16.5. The number of ether oxygens (including phenoxy) is 1. The average molecular weight is 357 g/mol. The van der Waals surface area contributed by atoms with E-state index in [1.54, 1.807) is 6.08 Å². The van der Waals surface area contributed by atoms with Crippen LogP contribution in [0.2, 0.25) is 0 Å². The number of esters is 1. The van der Waals surface area contributed by atoms with Gasteiger partial charge in [-0.15, -0.1) is 0 Å². The average Bonchev–Trinajstić information content (AvgIpc) is 3.23. The molecule has 1 aromatic rings. The van der Waals surface area contributed by atoms with Gasteiger partial charge in [-0.2, -0.15) is 0 Å². The molecule has 2 fully saturated rings. The zero-order valence-corrected chi connectivity index (χ0v) is 15.3. The van der Waals surface area contributed by atoms with Crippen LogP contribution in [0.5, 0.6) is 0 Å². The fourth-order valence-electron chi connectivity index (χ4n) is 3.35. The van der Waals surface area contributed by atoms with E-state index in [-0.39, 0.29) is 5.70 Å². The summed E-state index contributed by atoms with van der Waals surface area (Å²) in [4.78, 5) is 38.9. The summed E-state index contributed by atoms with van der Waals surface area (Å²) < 4.78 is 4.52. The molecule has 0 aliphatic carbocycles. The van der Waals surface area contributed by atoms with Crippen molar-refractivity contribution in [2.75, 3.05) is 31.6 Å². The number of imide groups is 1. The summed E-state index contributed by atoms with van der Waals surface area (Å²) in [5.41, 5.74) is 4.49. The summed E-state index contributed by atoms with van der Waals surface area (Å²) >= 11 is 0. The second kappa shape index (κ2) is 7.19. The van der Waals surface area contributed by atoms with Gasteiger partial charge in [0.2, 0.25) is 0 Å². The predicted molar refractivity (Wildman–Crippen MR) is 97.6 cm³/mol. The maximum Gasteiger partial charge on any atom is 0.329 e. The van der Waals surface area contributed by atoms with E-state index in [9.17, 15) is 14.4 Å². The van der Waals surface area contributed by atoms with Crippen molar-refractivity contribution in [1.82, 2.24) is 10.2 Å². The largest absolute Gasteiger partial charge is 0.468 e. The van der Waals surface area contributed by atoms with E-state index >= 15 is 0 Å². The van der Waals surface area contributed by atoms with Crippen LogP contribution in [0.25, 0.3) is 6.08 Å². The number of carbonyl (C=O) groups excluding carboxylic acids is 3. The molecule has 7 heteroatoms. The molecule has 0 spiro atoms. The van der Waals surface area contributed by atoms with Gasteiger partial charge in [-0.3, -0.25) is 9.59 Å². The number of nitrogens with zero attached hydrogens (tertiary/aromatic N) is 2. The van der Waals surface area contributed by atoms with Crippen LogP contribution in [0.3, 0.4) is 0 Å². The first-order valence-corrected chi connectivity index (χ1v) is 8.69. The van der Waals surface area contributed by atoms with Crippen LogP contribution < -0.4 is 10.2 Å². The van der Waals surface area contributed by atoms with Crippen LogP contribution >= 0.6 is 0 Å². The Kier molecular flexibility index (Phi) is 4.97. The SMILES string of the molecule is COC(=O)CN1C(=O)N/C(=C/c2ccc(N3CCCC3)c(C)c2C)C1=O. The van der Waals surface area contributed by atoms with Crippen molar-refractivity contribution in [2.45, 2.75) is 26.7 Å². The lowest BCUT2D eigenvalue weighted by atomic mass is 10.00. The minimum Gasteiger partial charge on any atom is -0.468 e. The molecule has 0 unspecified atom stereocenters. The first kappa shape index (κ1) is 18.0. The van der Waals surface area contributed by atoms with Crippen LogP contribution in [0.4, 0.5) is 10.5 Å². The predicted octanol–water partition coefficient (Wildman–Crippen LogP) is 1.97. The molecule has 0 bridgehead atoms. The third-order valence-corrected chi connectivity index (χ3v) is 5.02. The zero-order chi connectivity index (χ0) is 18.8. The van der Waals surface area contributed by atoms with Crippen LogP contribution in [0.1, 0.15) is 29.5 Å². The second-order valence-electron chi connectivity index (χ2n) is 6.57. The second-order valence-corrected chi connectivity index (χ2v) is 6.57. The molecule has 0 atom stereocenters.